The van der Waals surface area contributed by atoms with E-state index in [1.807, 2.05) is 0 Å². The fraction of sp³-hybridized carbons (Fsp3) is 0.833. The molecule has 0 aromatic carbocycles. The van der Waals surface area contributed by atoms with Crippen molar-refractivity contribution in [1.82, 2.24) is 0 Å². The molecule has 1 unspecified atom stereocenters. The molecule has 0 N–H and O–H groups in total. The molecule has 0 amide bonds. The van der Waals surface area contributed by atoms with Crippen molar-refractivity contribution in [3.05, 3.63) is 0 Å². The van der Waals surface area contributed by atoms with Crippen LogP contribution >= 0.6 is 11.6 Å². The van der Waals surface area contributed by atoms with E-state index in [1.165, 1.54) is 0 Å². The molecule has 0 aromatic heterocycles. The fourth-order valence-electron chi connectivity index (χ4n) is 0.501. The van der Waals surface area contributed by atoms with Gasteiger partial charge in [-0.3, -0.25) is 0 Å². The largest absolute Gasteiger partial charge is 0.451 e. The molecule has 0 aliphatic heterocycles. The van der Waals surface area contributed by atoms with E-state index >= 15 is 0 Å². The summed E-state index contributed by atoms with van der Waals surface area (Å²) >= 11 is 4.95. The van der Waals surface area contributed by atoms with Crippen LogP contribution in [0.2, 0.25) is 0 Å². The zero-order valence-corrected chi connectivity index (χ0v) is 6.85. The molecule has 0 saturated heterocycles. The average Bonchev–Trinajstić information content (AvgIpc) is 1.82. The van der Waals surface area contributed by atoms with E-state index in [0.29, 0.717) is 13.0 Å². The van der Waals surface area contributed by atoms with Gasteiger partial charge in [-0.25, -0.2) is 4.79 Å². The molecule has 0 spiro atoms. The van der Waals surface area contributed by atoms with Crippen LogP contribution in [-0.4, -0.2) is 25.2 Å². The van der Waals surface area contributed by atoms with Gasteiger partial charge in [0.1, 0.15) is 6.10 Å². The molecule has 0 aliphatic rings. The van der Waals surface area contributed by atoms with Crippen LogP contribution in [0.15, 0.2) is 0 Å². The van der Waals surface area contributed by atoms with Gasteiger partial charge in [0.2, 0.25) is 0 Å². The summed E-state index contributed by atoms with van der Waals surface area (Å²) in [6.07, 6.45) is 0.513. The predicted molar refractivity (Wildman–Crippen MR) is 38.3 cm³/mol. The predicted octanol–water partition coefficient (Wildman–Crippen LogP) is 1.79. The molecule has 10 heavy (non-hydrogen) atoms. The average molecular weight is 167 g/mol. The molecule has 0 bridgehead atoms. The van der Waals surface area contributed by atoms with E-state index < -0.39 is 5.43 Å². The lowest BCUT2D eigenvalue weighted by atomic mass is 10.3. The van der Waals surface area contributed by atoms with Gasteiger partial charge in [-0.2, -0.15) is 0 Å². The first-order valence-electron chi connectivity index (χ1n) is 3.02. The molecule has 60 valence electrons. The summed E-state index contributed by atoms with van der Waals surface area (Å²) in [5.74, 6) is 0. The number of methoxy groups -OCH3 is 1. The maximum absolute atomic E-state index is 10.1. The highest BCUT2D eigenvalue weighted by Crippen LogP contribution is 2.00. The first-order valence-corrected chi connectivity index (χ1v) is 3.39. The molecule has 1 atom stereocenters. The van der Waals surface area contributed by atoms with Crippen molar-refractivity contribution in [1.29, 1.82) is 0 Å². The Balaban J connectivity index is 3.25. The third-order valence-corrected chi connectivity index (χ3v) is 1.11. The number of carbonyl (C=O) groups is 1. The van der Waals surface area contributed by atoms with Crippen LogP contribution in [-0.2, 0) is 9.47 Å². The normalized spacial score (nSPS) is 12.7. The van der Waals surface area contributed by atoms with Crippen LogP contribution in [0.5, 0.6) is 0 Å². The monoisotopic (exact) mass is 166 g/mol. The van der Waals surface area contributed by atoms with Gasteiger partial charge in [-0.1, -0.05) is 0 Å². The van der Waals surface area contributed by atoms with Crippen LogP contribution in [0.25, 0.3) is 0 Å². The van der Waals surface area contributed by atoms with Crippen LogP contribution < -0.4 is 0 Å². The highest BCUT2D eigenvalue weighted by atomic mass is 35.5. The Labute approximate surface area is 65.3 Å². The van der Waals surface area contributed by atoms with E-state index in [0.717, 1.165) is 0 Å². The summed E-state index contributed by atoms with van der Waals surface area (Å²) in [6.45, 7) is 2.34. The quantitative estimate of drug-likeness (QED) is 0.598. The number of hydrogen-bond acceptors (Lipinski definition) is 3. The topological polar surface area (TPSA) is 35.5 Å². The standard InChI is InChI=1S/C6H11ClO3/c1-5(3-4-9-2)10-6(7)8/h5H,3-4H2,1-2H3. The second-order valence-electron chi connectivity index (χ2n) is 1.95. The lowest BCUT2D eigenvalue weighted by Crippen LogP contribution is -2.12. The van der Waals surface area contributed by atoms with Gasteiger partial charge in [0, 0.05) is 31.7 Å². The van der Waals surface area contributed by atoms with Crippen LogP contribution in [0.3, 0.4) is 0 Å². The summed E-state index contributed by atoms with van der Waals surface area (Å²) < 4.78 is 9.36. The van der Waals surface area contributed by atoms with Gasteiger partial charge in [0.15, 0.2) is 0 Å². The van der Waals surface area contributed by atoms with Gasteiger partial charge in [0.25, 0.3) is 0 Å². The van der Waals surface area contributed by atoms with Crippen molar-refractivity contribution in [3.8, 4) is 0 Å². The Kier molecular flexibility index (Phi) is 5.35. The molecule has 0 heterocycles. The number of hydrogen-bond donors (Lipinski definition) is 0. The van der Waals surface area contributed by atoms with Gasteiger partial charge in [-0.05, 0) is 6.92 Å². The van der Waals surface area contributed by atoms with Crippen molar-refractivity contribution >= 4 is 17.0 Å². The molecule has 0 aromatic rings. The van der Waals surface area contributed by atoms with E-state index in [9.17, 15) is 4.79 Å². The molecule has 0 radical (unpaired) electrons. The van der Waals surface area contributed by atoms with E-state index in [1.54, 1.807) is 14.0 Å². The van der Waals surface area contributed by atoms with Gasteiger partial charge in [0.05, 0.1) is 0 Å². The first-order chi connectivity index (χ1) is 4.66. The van der Waals surface area contributed by atoms with Crippen molar-refractivity contribution in [2.75, 3.05) is 13.7 Å². The minimum Gasteiger partial charge on any atom is -0.451 e. The van der Waals surface area contributed by atoms with Crippen LogP contribution in [0.4, 0.5) is 4.79 Å². The number of halogens is 1. The maximum atomic E-state index is 10.1. The summed E-state index contributed by atoms with van der Waals surface area (Å²) in [5, 5.41) is 0. The third-order valence-electron chi connectivity index (χ3n) is 1.02. The smallest absolute Gasteiger partial charge is 0.404 e. The summed E-state index contributed by atoms with van der Waals surface area (Å²) in [6, 6.07) is 0. The number of ether oxygens (including phenoxy) is 2. The van der Waals surface area contributed by atoms with Crippen molar-refractivity contribution < 1.29 is 14.3 Å². The Bertz CT molecular complexity index is 105. The maximum Gasteiger partial charge on any atom is 0.404 e. The number of rotatable bonds is 4. The van der Waals surface area contributed by atoms with Gasteiger partial charge >= 0.3 is 5.43 Å². The summed E-state index contributed by atoms with van der Waals surface area (Å²) in [4.78, 5) is 10.1. The molecule has 0 saturated carbocycles. The van der Waals surface area contributed by atoms with Crippen LogP contribution in [0, 0.1) is 0 Å². The highest BCUT2D eigenvalue weighted by molar-refractivity contribution is 6.61. The van der Waals surface area contributed by atoms with Crippen molar-refractivity contribution in [3.63, 3.8) is 0 Å². The zero-order chi connectivity index (χ0) is 7.98. The minimum atomic E-state index is -0.761. The molecule has 4 heteroatoms. The fourth-order valence-corrected chi connectivity index (χ4v) is 0.653. The van der Waals surface area contributed by atoms with Crippen LogP contribution in [0.1, 0.15) is 13.3 Å². The molecule has 0 aliphatic carbocycles. The molecular weight excluding hydrogens is 156 g/mol. The Hall–Kier alpha value is -0.280. The Morgan fingerprint density at radius 1 is 1.70 bits per heavy atom. The van der Waals surface area contributed by atoms with Crippen molar-refractivity contribution in [2.45, 2.75) is 19.4 Å². The number of carbonyl (C=O) groups excluding carboxylic acids is 1. The van der Waals surface area contributed by atoms with Crippen molar-refractivity contribution in [2.24, 2.45) is 0 Å². The van der Waals surface area contributed by atoms with E-state index in [4.69, 9.17) is 16.3 Å². The SMILES string of the molecule is COCCC(C)OC(=O)Cl. The second kappa shape index (κ2) is 5.50. The molecule has 0 fully saturated rings. The van der Waals surface area contributed by atoms with Gasteiger partial charge in [-0.15, -0.1) is 0 Å². The molecule has 3 nitrogen and oxygen atoms in total. The van der Waals surface area contributed by atoms with Gasteiger partial charge < -0.3 is 9.47 Å². The zero-order valence-electron chi connectivity index (χ0n) is 6.09. The lowest BCUT2D eigenvalue weighted by molar-refractivity contribution is 0.0978. The Morgan fingerprint density at radius 3 is 2.70 bits per heavy atom. The minimum absolute atomic E-state index is 0.162. The van der Waals surface area contributed by atoms with E-state index in [-0.39, 0.29) is 6.10 Å². The third kappa shape index (κ3) is 5.85. The summed E-state index contributed by atoms with van der Waals surface area (Å²) in [7, 11) is 1.59. The van der Waals surface area contributed by atoms with E-state index in [2.05, 4.69) is 4.74 Å². The second-order valence-corrected chi connectivity index (χ2v) is 2.26. The summed E-state index contributed by atoms with van der Waals surface area (Å²) in [5.41, 5.74) is -0.761. The molecule has 0 rings (SSSR count). The Morgan fingerprint density at radius 2 is 2.30 bits per heavy atom. The lowest BCUT2D eigenvalue weighted by Gasteiger charge is -2.08. The molecular formula is C6H11ClO3. The highest BCUT2D eigenvalue weighted by Gasteiger charge is 2.04. The first kappa shape index (κ1) is 9.72.